The number of hydrogen-bond acceptors (Lipinski definition) is 1. The van der Waals surface area contributed by atoms with Crippen molar-refractivity contribution < 1.29 is 4.39 Å². The van der Waals surface area contributed by atoms with Gasteiger partial charge in [0.2, 0.25) is 0 Å². The van der Waals surface area contributed by atoms with Crippen LogP contribution in [0.3, 0.4) is 0 Å². The summed E-state index contributed by atoms with van der Waals surface area (Å²) in [5.41, 5.74) is 2.47. The average Bonchev–Trinajstić information content (AvgIpc) is 2.55. The van der Waals surface area contributed by atoms with E-state index < -0.39 is 0 Å². The smallest absolute Gasteiger partial charge is 0.123 e. The quantitative estimate of drug-likeness (QED) is 0.800. The highest BCUT2D eigenvalue weighted by atomic mass is 19.1. The van der Waals surface area contributed by atoms with E-state index in [0.717, 1.165) is 18.4 Å². The molecule has 0 heterocycles. The van der Waals surface area contributed by atoms with E-state index in [2.05, 4.69) is 43.4 Å². The number of hydrogen-bond donors (Lipinski definition) is 1. The predicted octanol–water partition coefficient (Wildman–Crippen LogP) is 4.84. The zero-order chi connectivity index (χ0) is 15.3. The standard InChI is InChI=1S/C19H24FN/c1-4-19(5-2,16-9-7-6-8-10-16)18(21-3)15-11-13-17(20)14-12-15/h6-14,18,21H,4-5H2,1-3H3. The van der Waals surface area contributed by atoms with Gasteiger partial charge in [-0.3, -0.25) is 0 Å². The van der Waals surface area contributed by atoms with Gasteiger partial charge < -0.3 is 5.32 Å². The van der Waals surface area contributed by atoms with Crippen LogP contribution in [-0.4, -0.2) is 7.05 Å². The van der Waals surface area contributed by atoms with Gasteiger partial charge in [-0.25, -0.2) is 4.39 Å². The second-order valence-electron chi connectivity index (χ2n) is 5.50. The monoisotopic (exact) mass is 285 g/mol. The van der Waals surface area contributed by atoms with Crippen molar-refractivity contribution >= 4 is 0 Å². The molecule has 0 amide bonds. The minimum Gasteiger partial charge on any atom is -0.312 e. The van der Waals surface area contributed by atoms with E-state index in [0.29, 0.717) is 0 Å². The highest BCUT2D eigenvalue weighted by molar-refractivity contribution is 5.33. The van der Waals surface area contributed by atoms with Crippen molar-refractivity contribution in [3.05, 3.63) is 71.5 Å². The van der Waals surface area contributed by atoms with Gasteiger partial charge in [0.1, 0.15) is 5.82 Å². The summed E-state index contributed by atoms with van der Waals surface area (Å²) in [7, 11) is 1.98. The van der Waals surface area contributed by atoms with Crippen LogP contribution in [0.4, 0.5) is 4.39 Å². The highest BCUT2D eigenvalue weighted by Crippen LogP contribution is 2.42. The molecule has 0 bridgehead atoms. The first kappa shape index (κ1) is 15.7. The molecule has 2 heteroatoms. The van der Waals surface area contributed by atoms with Gasteiger partial charge in [0.15, 0.2) is 0 Å². The molecule has 2 rings (SSSR count). The van der Waals surface area contributed by atoms with Crippen LogP contribution in [0.15, 0.2) is 54.6 Å². The summed E-state index contributed by atoms with van der Waals surface area (Å²) >= 11 is 0. The lowest BCUT2D eigenvalue weighted by molar-refractivity contribution is 0.287. The number of benzene rings is 2. The predicted molar refractivity (Wildman–Crippen MR) is 86.9 cm³/mol. The van der Waals surface area contributed by atoms with Crippen molar-refractivity contribution in [1.82, 2.24) is 5.32 Å². The van der Waals surface area contributed by atoms with Crippen LogP contribution in [0.5, 0.6) is 0 Å². The van der Waals surface area contributed by atoms with E-state index >= 15 is 0 Å². The molecule has 1 N–H and O–H groups in total. The highest BCUT2D eigenvalue weighted by Gasteiger charge is 2.37. The lowest BCUT2D eigenvalue weighted by atomic mass is 9.68. The van der Waals surface area contributed by atoms with Crippen molar-refractivity contribution in [2.75, 3.05) is 7.05 Å². The van der Waals surface area contributed by atoms with Crippen LogP contribution in [-0.2, 0) is 5.41 Å². The van der Waals surface area contributed by atoms with E-state index in [-0.39, 0.29) is 17.3 Å². The van der Waals surface area contributed by atoms with Gasteiger partial charge in [-0.15, -0.1) is 0 Å². The second kappa shape index (κ2) is 6.86. The van der Waals surface area contributed by atoms with Gasteiger partial charge in [0, 0.05) is 11.5 Å². The molecule has 112 valence electrons. The van der Waals surface area contributed by atoms with Crippen LogP contribution in [0.2, 0.25) is 0 Å². The Morgan fingerprint density at radius 2 is 1.52 bits per heavy atom. The topological polar surface area (TPSA) is 12.0 Å². The molecule has 0 saturated heterocycles. The molecule has 1 atom stereocenters. The fourth-order valence-corrected chi connectivity index (χ4v) is 3.42. The molecule has 21 heavy (non-hydrogen) atoms. The molecule has 0 fully saturated rings. The lowest BCUT2D eigenvalue weighted by Crippen LogP contribution is -2.39. The van der Waals surface area contributed by atoms with Crippen molar-refractivity contribution in [2.45, 2.75) is 38.1 Å². The van der Waals surface area contributed by atoms with Crippen LogP contribution in [0, 0.1) is 5.82 Å². The Morgan fingerprint density at radius 1 is 0.952 bits per heavy atom. The second-order valence-corrected chi connectivity index (χ2v) is 5.50. The zero-order valence-electron chi connectivity index (χ0n) is 13.1. The van der Waals surface area contributed by atoms with Gasteiger partial charge in [0.25, 0.3) is 0 Å². The van der Waals surface area contributed by atoms with Crippen molar-refractivity contribution in [2.24, 2.45) is 0 Å². The average molecular weight is 285 g/mol. The van der Waals surface area contributed by atoms with Gasteiger partial charge in [-0.1, -0.05) is 56.3 Å². The van der Waals surface area contributed by atoms with Crippen LogP contribution in [0.1, 0.15) is 43.9 Å². The van der Waals surface area contributed by atoms with Crippen molar-refractivity contribution in [3.63, 3.8) is 0 Å². The first-order valence-corrected chi connectivity index (χ1v) is 7.66. The largest absolute Gasteiger partial charge is 0.312 e. The Labute approximate surface area is 127 Å². The summed E-state index contributed by atoms with van der Waals surface area (Å²) in [4.78, 5) is 0. The molecule has 0 aliphatic heterocycles. The Bertz CT molecular complexity index is 544. The summed E-state index contributed by atoms with van der Waals surface area (Å²) in [5.74, 6) is -0.188. The Balaban J connectivity index is 2.51. The molecule has 1 unspecified atom stereocenters. The molecular weight excluding hydrogens is 261 g/mol. The molecule has 1 nitrogen and oxygen atoms in total. The summed E-state index contributed by atoms with van der Waals surface area (Å²) in [6.07, 6.45) is 2.05. The van der Waals surface area contributed by atoms with E-state index in [4.69, 9.17) is 0 Å². The van der Waals surface area contributed by atoms with Gasteiger partial charge >= 0.3 is 0 Å². The van der Waals surface area contributed by atoms with Gasteiger partial charge in [-0.2, -0.15) is 0 Å². The molecule has 0 aliphatic rings. The van der Waals surface area contributed by atoms with E-state index in [1.807, 2.05) is 25.2 Å². The SMILES string of the molecule is CCC(CC)(c1ccccc1)C(NC)c1ccc(F)cc1. The maximum atomic E-state index is 13.2. The van der Waals surface area contributed by atoms with Crippen molar-refractivity contribution in [3.8, 4) is 0 Å². The third kappa shape index (κ3) is 3.01. The fourth-order valence-electron chi connectivity index (χ4n) is 3.42. The first-order chi connectivity index (χ1) is 10.2. The molecule has 2 aromatic carbocycles. The maximum Gasteiger partial charge on any atom is 0.123 e. The Morgan fingerprint density at radius 3 is 2.00 bits per heavy atom. The van der Waals surface area contributed by atoms with Crippen LogP contribution in [0.25, 0.3) is 0 Å². The van der Waals surface area contributed by atoms with Crippen LogP contribution < -0.4 is 5.32 Å². The maximum absolute atomic E-state index is 13.2. The third-order valence-corrected chi connectivity index (χ3v) is 4.66. The fraction of sp³-hybridized carbons (Fsp3) is 0.368. The number of rotatable bonds is 6. The normalized spacial score (nSPS) is 13.1. The summed E-state index contributed by atoms with van der Waals surface area (Å²) in [6, 6.07) is 17.6. The molecular formula is C19H24FN. The van der Waals surface area contributed by atoms with E-state index in [1.165, 1.54) is 5.56 Å². The minimum absolute atomic E-state index is 0.00778. The molecule has 0 spiro atoms. The number of likely N-dealkylation sites (N-methyl/N-ethyl adjacent to an activating group) is 1. The summed E-state index contributed by atoms with van der Waals surface area (Å²) in [6.45, 7) is 4.45. The van der Waals surface area contributed by atoms with Gasteiger partial charge in [0.05, 0.1) is 0 Å². The molecule has 0 radical (unpaired) electrons. The Kier molecular flexibility index (Phi) is 5.13. The van der Waals surface area contributed by atoms with Gasteiger partial charge in [-0.05, 0) is 43.1 Å². The Hall–Kier alpha value is -1.67. The zero-order valence-corrected chi connectivity index (χ0v) is 13.1. The minimum atomic E-state index is -0.188. The van der Waals surface area contributed by atoms with E-state index in [1.54, 1.807) is 12.1 Å². The van der Waals surface area contributed by atoms with Crippen LogP contribution >= 0.6 is 0 Å². The number of halogens is 1. The number of nitrogens with one attached hydrogen (secondary N) is 1. The van der Waals surface area contributed by atoms with Crippen molar-refractivity contribution in [1.29, 1.82) is 0 Å². The molecule has 2 aromatic rings. The lowest BCUT2D eigenvalue weighted by Gasteiger charge is -2.40. The molecule has 0 aliphatic carbocycles. The van der Waals surface area contributed by atoms with E-state index in [9.17, 15) is 4.39 Å². The first-order valence-electron chi connectivity index (χ1n) is 7.66. The summed E-state index contributed by atoms with van der Waals surface area (Å²) < 4.78 is 13.2. The molecule has 0 saturated carbocycles. The molecule has 0 aromatic heterocycles. The third-order valence-electron chi connectivity index (χ3n) is 4.66. The summed E-state index contributed by atoms with van der Waals surface area (Å²) in [5, 5.41) is 3.46.